The molecule has 0 bridgehead atoms. The summed E-state index contributed by atoms with van der Waals surface area (Å²) in [5.41, 5.74) is 3.48. The minimum absolute atomic E-state index is 0.0183. The van der Waals surface area contributed by atoms with E-state index in [4.69, 9.17) is 5.73 Å². The molecule has 0 unspecified atom stereocenters. The van der Waals surface area contributed by atoms with Crippen molar-refractivity contribution in [2.45, 2.75) is 51.5 Å². The summed E-state index contributed by atoms with van der Waals surface area (Å²) in [6, 6.07) is -0.483. The summed E-state index contributed by atoms with van der Waals surface area (Å²) in [6.45, 7) is 3.46. The van der Waals surface area contributed by atoms with Gasteiger partial charge in [-0.05, 0) is 26.7 Å². The Hall–Kier alpha value is -1.79. The number of amides is 3. The highest BCUT2D eigenvalue weighted by molar-refractivity contribution is 5.80. The van der Waals surface area contributed by atoms with Gasteiger partial charge in [-0.15, -0.1) is 0 Å². The van der Waals surface area contributed by atoms with Crippen LogP contribution in [0.5, 0.6) is 0 Å². The Bertz CT molecular complexity index is 400. The van der Waals surface area contributed by atoms with Gasteiger partial charge in [-0.3, -0.25) is 9.59 Å². The van der Waals surface area contributed by atoms with Gasteiger partial charge >= 0.3 is 12.0 Å². The van der Waals surface area contributed by atoms with E-state index in [9.17, 15) is 19.5 Å². The van der Waals surface area contributed by atoms with Crippen LogP contribution in [0.25, 0.3) is 0 Å². The van der Waals surface area contributed by atoms with E-state index in [-0.39, 0.29) is 13.0 Å². The fourth-order valence-corrected chi connectivity index (χ4v) is 2.60. The van der Waals surface area contributed by atoms with E-state index in [1.807, 2.05) is 0 Å². The molecule has 0 aromatic carbocycles. The van der Waals surface area contributed by atoms with Crippen LogP contribution in [0.15, 0.2) is 0 Å². The molecule has 0 radical (unpaired) electrons. The van der Waals surface area contributed by atoms with Gasteiger partial charge in [0.2, 0.25) is 5.91 Å². The third kappa shape index (κ3) is 4.40. The van der Waals surface area contributed by atoms with Crippen LogP contribution in [0.2, 0.25) is 0 Å². The summed E-state index contributed by atoms with van der Waals surface area (Å²) in [5, 5.41) is 14.5. The van der Waals surface area contributed by atoms with E-state index in [1.54, 1.807) is 13.8 Å². The van der Waals surface area contributed by atoms with Crippen LogP contribution in [0.1, 0.15) is 46.0 Å². The molecule has 7 nitrogen and oxygen atoms in total. The molecule has 1 aliphatic rings. The van der Waals surface area contributed by atoms with Gasteiger partial charge in [0.15, 0.2) is 0 Å². The number of hydrogen-bond acceptors (Lipinski definition) is 3. The molecule has 1 rings (SSSR count). The molecule has 20 heavy (non-hydrogen) atoms. The summed E-state index contributed by atoms with van der Waals surface area (Å²) >= 11 is 0. The van der Waals surface area contributed by atoms with Crippen LogP contribution in [0.4, 0.5) is 4.79 Å². The average Bonchev–Trinajstić information content (AvgIpc) is 2.73. The number of carbonyl (C=O) groups is 3. The van der Waals surface area contributed by atoms with Gasteiger partial charge in [0.25, 0.3) is 0 Å². The number of nitrogens with two attached hydrogens (primary N) is 1. The number of nitrogens with one attached hydrogen (secondary N) is 2. The van der Waals surface area contributed by atoms with Gasteiger partial charge in [0.1, 0.15) is 0 Å². The third-order valence-corrected chi connectivity index (χ3v) is 3.67. The fraction of sp³-hybridized carbons (Fsp3) is 0.769. The number of carboxylic acid groups (broad SMARTS) is 1. The van der Waals surface area contributed by atoms with Crippen molar-refractivity contribution in [3.05, 3.63) is 0 Å². The molecule has 0 heterocycles. The highest BCUT2D eigenvalue weighted by Gasteiger charge is 2.41. The molecule has 1 fully saturated rings. The predicted octanol–water partition coefficient (Wildman–Crippen LogP) is 0.585. The van der Waals surface area contributed by atoms with E-state index in [1.165, 1.54) is 0 Å². The quantitative estimate of drug-likeness (QED) is 0.570. The minimum Gasteiger partial charge on any atom is -0.481 e. The average molecular weight is 285 g/mol. The Morgan fingerprint density at radius 2 is 1.80 bits per heavy atom. The number of hydrogen-bond donors (Lipinski definition) is 4. The molecule has 5 N–H and O–H groups in total. The lowest BCUT2D eigenvalue weighted by Crippen LogP contribution is -2.52. The lowest BCUT2D eigenvalue weighted by molar-refractivity contribution is -0.148. The Labute approximate surface area is 118 Å². The molecule has 0 aromatic heterocycles. The van der Waals surface area contributed by atoms with Gasteiger partial charge in [-0.25, -0.2) is 4.79 Å². The molecule has 0 saturated heterocycles. The van der Waals surface area contributed by atoms with Crippen LogP contribution in [-0.2, 0) is 9.59 Å². The van der Waals surface area contributed by atoms with Crippen molar-refractivity contribution < 1.29 is 19.5 Å². The lowest BCUT2D eigenvalue weighted by Gasteiger charge is -2.28. The van der Waals surface area contributed by atoms with Gasteiger partial charge < -0.3 is 21.5 Å². The van der Waals surface area contributed by atoms with Crippen LogP contribution >= 0.6 is 0 Å². The zero-order chi connectivity index (χ0) is 15.4. The van der Waals surface area contributed by atoms with Gasteiger partial charge in [0, 0.05) is 18.5 Å². The molecule has 7 heteroatoms. The van der Waals surface area contributed by atoms with E-state index in [0.717, 1.165) is 12.8 Å². The van der Waals surface area contributed by atoms with Gasteiger partial charge in [0.05, 0.1) is 5.41 Å². The van der Waals surface area contributed by atoms with Gasteiger partial charge in [-0.1, -0.05) is 12.8 Å². The maximum absolute atomic E-state index is 11.8. The van der Waals surface area contributed by atoms with Crippen molar-refractivity contribution in [3.63, 3.8) is 0 Å². The Morgan fingerprint density at radius 3 is 2.25 bits per heavy atom. The maximum atomic E-state index is 11.8. The SMILES string of the molecule is CC(C)(CC(N)=O)NC(=O)NCC1(C(=O)O)CCCC1. The second kappa shape index (κ2) is 6.11. The molecule has 0 aliphatic heterocycles. The molecule has 1 saturated carbocycles. The van der Waals surface area contributed by atoms with E-state index >= 15 is 0 Å². The first kappa shape index (κ1) is 16.3. The van der Waals surface area contributed by atoms with Crippen molar-refractivity contribution in [2.24, 2.45) is 11.1 Å². The Balaban J connectivity index is 2.50. The fourth-order valence-electron chi connectivity index (χ4n) is 2.60. The summed E-state index contributed by atoms with van der Waals surface area (Å²) in [6.07, 6.45) is 2.90. The normalized spacial score (nSPS) is 17.5. The van der Waals surface area contributed by atoms with Crippen molar-refractivity contribution >= 4 is 17.9 Å². The van der Waals surface area contributed by atoms with E-state index < -0.39 is 28.9 Å². The van der Waals surface area contributed by atoms with E-state index in [0.29, 0.717) is 12.8 Å². The molecule has 1 aliphatic carbocycles. The van der Waals surface area contributed by atoms with E-state index in [2.05, 4.69) is 10.6 Å². The zero-order valence-electron chi connectivity index (χ0n) is 12.0. The Morgan fingerprint density at radius 1 is 1.25 bits per heavy atom. The Kier molecular flexibility index (Phi) is 4.97. The molecule has 0 atom stereocenters. The van der Waals surface area contributed by atoms with Gasteiger partial charge in [-0.2, -0.15) is 0 Å². The third-order valence-electron chi connectivity index (χ3n) is 3.67. The summed E-state index contributed by atoms with van der Waals surface area (Å²) < 4.78 is 0. The molecule has 0 spiro atoms. The maximum Gasteiger partial charge on any atom is 0.315 e. The molecular formula is C13H23N3O4. The number of rotatable bonds is 6. The van der Waals surface area contributed by atoms with Crippen LogP contribution in [0.3, 0.4) is 0 Å². The first-order valence-corrected chi connectivity index (χ1v) is 6.75. The van der Waals surface area contributed by atoms with Crippen molar-refractivity contribution in [3.8, 4) is 0 Å². The molecule has 114 valence electrons. The summed E-state index contributed by atoms with van der Waals surface area (Å²) in [4.78, 5) is 34.0. The number of carbonyl (C=O) groups excluding carboxylic acids is 2. The summed E-state index contributed by atoms with van der Waals surface area (Å²) in [7, 11) is 0. The number of aliphatic carboxylic acids is 1. The second-order valence-corrected chi connectivity index (χ2v) is 6.13. The standard InChI is InChI=1S/C13H23N3O4/c1-12(2,7-9(14)17)16-11(20)15-8-13(10(18)19)5-3-4-6-13/h3-8H2,1-2H3,(H2,14,17)(H,18,19)(H2,15,16,20). The zero-order valence-corrected chi connectivity index (χ0v) is 12.0. The lowest BCUT2D eigenvalue weighted by atomic mass is 9.86. The molecule has 0 aromatic rings. The van der Waals surface area contributed by atoms with Crippen molar-refractivity contribution in [1.82, 2.24) is 10.6 Å². The first-order chi connectivity index (χ1) is 9.17. The molecule has 3 amide bonds. The number of primary amides is 1. The van der Waals surface area contributed by atoms with Crippen molar-refractivity contribution in [1.29, 1.82) is 0 Å². The van der Waals surface area contributed by atoms with Crippen molar-refractivity contribution in [2.75, 3.05) is 6.54 Å². The second-order valence-electron chi connectivity index (χ2n) is 6.13. The molecular weight excluding hydrogens is 262 g/mol. The largest absolute Gasteiger partial charge is 0.481 e. The monoisotopic (exact) mass is 285 g/mol. The number of urea groups is 1. The topological polar surface area (TPSA) is 122 Å². The minimum atomic E-state index is -0.869. The predicted molar refractivity (Wildman–Crippen MR) is 73.0 cm³/mol. The highest BCUT2D eigenvalue weighted by Crippen LogP contribution is 2.37. The van der Waals surface area contributed by atoms with Crippen LogP contribution < -0.4 is 16.4 Å². The van der Waals surface area contributed by atoms with Crippen LogP contribution in [0, 0.1) is 5.41 Å². The first-order valence-electron chi connectivity index (χ1n) is 6.75. The summed E-state index contributed by atoms with van der Waals surface area (Å²) in [5.74, 6) is -1.38. The number of carboxylic acids is 1. The smallest absolute Gasteiger partial charge is 0.315 e. The van der Waals surface area contributed by atoms with Crippen LogP contribution in [-0.4, -0.2) is 35.1 Å². The highest BCUT2D eigenvalue weighted by atomic mass is 16.4.